The maximum Gasteiger partial charge on any atom is 0.145 e. The third kappa shape index (κ3) is 6.14. The van der Waals surface area contributed by atoms with Crippen LogP contribution < -0.4 is 28.3 Å². The molecule has 0 aromatic heterocycles. The molecule has 3 heteroatoms. The van der Waals surface area contributed by atoms with Crippen LogP contribution in [0.4, 0.5) is 0 Å². The second kappa shape index (κ2) is 12.2. The summed E-state index contributed by atoms with van der Waals surface area (Å²) in [6.07, 6.45) is 10.0. The van der Waals surface area contributed by atoms with Gasteiger partial charge < -0.3 is 12.4 Å². The van der Waals surface area contributed by atoms with E-state index >= 15 is 0 Å². The van der Waals surface area contributed by atoms with Crippen LogP contribution in [0.3, 0.4) is 0 Å². The lowest BCUT2D eigenvalue weighted by Gasteiger charge is -2.26. The van der Waals surface area contributed by atoms with E-state index in [4.69, 9.17) is 0 Å². The Kier molecular flexibility index (Phi) is 9.66. The van der Waals surface area contributed by atoms with Gasteiger partial charge in [0.05, 0.1) is 6.16 Å². The molecule has 0 heterocycles. The fraction of sp³-hybridized carbons (Fsp3) is 0.107. The molecule has 3 aromatic carbocycles. The number of halogens is 1. The van der Waals surface area contributed by atoms with Gasteiger partial charge >= 0.3 is 0 Å². The van der Waals surface area contributed by atoms with Gasteiger partial charge in [-0.2, -0.15) is 0 Å². The Morgan fingerprint density at radius 2 is 1.13 bits per heavy atom. The molecule has 0 N–H and O–H groups in total. The first-order chi connectivity index (χ1) is 14.7. The quantitative estimate of drug-likeness (QED) is 0.225. The number of carbonyl (C=O) groups is 1. The molecule has 0 fully saturated rings. The number of hydrogen-bond acceptors (Lipinski definition) is 1. The molecule has 0 spiro atoms. The van der Waals surface area contributed by atoms with Crippen LogP contribution in [0.15, 0.2) is 126 Å². The van der Waals surface area contributed by atoms with E-state index in [0.717, 1.165) is 18.0 Å². The number of aldehydes is 1. The predicted octanol–water partition coefficient (Wildman–Crippen LogP) is 2.63. The molecule has 0 amide bonds. The van der Waals surface area contributed by atoms with E-state index in [1.165, 1.54) is 21.5 Å². The highest BCUT2D eigenvalue weighted by atomic mass is 35.5. The van der Waals surface area contributed by atoms with Crippen LogP contribution >= 0.6 is 7.26 Å². The molecule has 0 unspecified atom stereocenters. The van der Waals surface area contributed by atoms with Crippen LogP contribution in [-0.2, 0) is 4.79 Å². The third-order valence-electron chi connectivity index (χ3n) is 5.18. The molecule has 0 radical (unpaired) electrons. The summed E-state index contributed by atoms with van der Waals surface area (Å²) in [4.78, 5) is 10.8. The smallest absolute Gasteiger partial charge is 0.145 e. The number of hydrogen-bond donors (Lipinski definition) is 0. The highest BCUT2D eigenvalue weighted by molar-refractivity contribution is 7.95. The molecule has 0 atom stereocenters. The summed E-state index contributed by atoms with van der Waals surface area (Å²) >= 11 is 0. The highest BCUT2D eigenvalue weighted by Gasteiger charge is 2.44. The molecular formula is C28H28ClOP. The second-order valence-electron chi connectivity index (χ2n) is 7.33. The predicted molar refractivity (Wildman–Crippen MR) is 133 cm³/mol. The zero-order chi connectivity index (χ0) is 21.2. The minimum atomic E-state index is -1.85. The van der Waals surface area contributed by atoms with Gasteiger partial charge in [-0.1, -0.05) is 78.4 Å². The van der Waals surface area contributed by atoms with Crippen LogP contribution in [0, 0.1) is 0 Å². The molecule has 0 saturated heterocycles. The van der Waals surface area contributed by atoms with Gasteiger partial charge in [0, 0.05) is 0 Å². The monoisotopic (exact) mass is 446 g/mol. The van der Waals surface area contributed by atoms with Crippen molar-refractivity contribution in [3.63, 3.8) is 0 Å². The Morgan fingerprint density at radius 3 is 1.52 bits per heavy atom. The summed E-state index contributed by atoms with van der Waals surface area (Å²) in [5.74, 6) is 0. The average molecular weight is 447 g/mol. The van der Waals surface area contributed by atoms with Crippen molar-refractivity contribution in [2.45, 2.75) is 13.8 Å². The topological polar surface area (TPSA) is 17.1 Å². The SMILES string of the molecule is C\C(C=O)=C/C=C/C(C)=C/C[P+](c1ccccc1)(c1ccccc1)c1ccccc1.[Cl-]. The molecule has 3 aromatic rings. The first-order valence-electron chi connectivity index (χ1n) is 10.2. The largest absolute Gasteiger partial charge is 1.00 e. The van der Waals surface area contributed by atoms with E-state index in [2.05, 4.69) is 110 Å². The first-order valence-corrected chi connectivity index (χ1v) is 12.2. The van der Waals surface area contributed by atoms with Crippen LogP contribution in [0.25, 0.3) is 0 Å². The summed E-state index contributed by atoms with van der Waals surface area (Å²) in [6.45, 7) is 3.93. The summed E-state index contributed by atoms with van der Waals surface area (Å²) in [5, 5.41) is 4.14. The fourth-order valence-electron chi connectivity index (χ4n) is 3.55. The minimum Gasteiger partial charge on any atom is -1.00 e. The summed E-state index contributed by atoms with van der Waals surface area (Å²) in [6, 6.07) is 32.7. The Morgan fingerprint density at radius 1 is 0.710 bits per heavy atom. The van der Waals surface area contributed by atoms with Gasteiger partial charge in [0.25, 0.3) is 0 Å². The lowest BCUT2D eigenvalue weighted by atomic mass is 10.2. The third-order valence-corrected chi connectivity index (χ3v) is 9.45. The van der Waals surface area contributed by atoms with Gasteiger partial charge in [-0.15, -0.1) is 0 Å². The molecule has 0 aliphatic rings. The minimum absolute atomic E-state index is 0. The van der Waals surface area contributed by atoms with Crippen molar-refractivity contribution < 1.29 is 17.2 Å². The van der Waals surface area contributed by atoms with Gasteiger partial charge in [-0.05, 0) is 61.9 Å². The number of rotatable bonds is 8. The number of benzene rings is 3. The molecule has 31 heavy (non-hydrogen) atoms. The summed E-state index contributed by atoms with van der Waals surface area (Å²) in [5.41, 5.74) is 1.91. The average Bonchev–Trinajstić information content (AvgIpc) is 2.81. The maximum atomic E-state index is 10.8. The normalized spacial score (nSPS) is 12.5. The fourth-order valence-corrected chi connectivity index (χ4v) is 7.68. The van der Waals surface area contributed by atoms with Gasteiger partial charge in [-0.25, -0.2) is 0 Å². The van der Waals surface area contributed by atoms with Crippen molar-refractivity contribution >= 4 is 29.5 Å². The van der Waals surface area contributed by atoms with Crippen LogP contribution in [0.1, 0.15) is 13.8 Å². The molecule has 0 aliphatic carbocycles. The molecule has 0 saturated carbocycles. The standard InChI is InChI=1S/C28H28OP.ClH/c1-24(13-12-14-25(2)23-29)21-22-30(26-15-6-3-7-16-26,27-17-8-4-9-18-27)28-19-10-5-11-20-28;/h3-21,23H,22H2,1-2H3;1H/q+1;/p-1/b13-12+,24-21+,25-14+;. The van der Waals surface area contributed by atoms with E-state index in [-0.39, 0.29) is 12.4 Å². The van der Waals surface area contributed by atoms with Gasteiger partial charge in [0.2, 0.25) is 0 Å². The van der Waals surface area contributed by atoms with Crippen molar-refractivity contribution in [1.82, 2.24) is 0 Å². The lowest BCUT2D eigenvalue weighted by molar-refractivity contribution is -0.104. The molecule has 1 nitrogen and oxygen atoms in total. The van der Waals surface area contributed by atoms with Crippen molar-refractivity contribution in [3.8, 4) is 0 Å². The van der Waals surface area contributed by atoms with Gasteiger partial charge in [-0.3, -0.25) is 4.79 Å². The molecule has 3 rings (SSSR count). The van der Waals surface area contributed by atoms with Crippen molar-refractivity contribution in [2.24, 2.45) is 0 Å². The maximum absolute atomic E-state index is 10.8. The van der Waals surface area contributed by atoms with Crippen molar-refractivity contribution in [1.29, 1.82) is 0 Å². The van der Waals surface area contributed by atoms with Crippen LogP contribution in [0.5, 0.6) is 0 Å². The van der Waals surface area contributed by atoms with Gasteiger partial charge in [0.1, 0.15) is 29.5 Å². The molecule has 158 valence electrons. The van der Waals surface area contributed by atoms with E-state index in [9.17, 15) is 4.79 Å². The Hall–Kier alpha value is -2.73. The molecule has 0 bridgehead atoms. The van der Waals surface area contributed by atoms with Crippen LogP contribution in [0.2, 0.25) is 0 Å². The zero-order valence-corrected chi connectivity index (χ0v) is 19.6. The van der Waals surface area contributed by atoms with Crippen LogP contribution in [-0.4, -0.2) is 12.4 Å². The van der Waals surface area contributed by atoms with E-state index in [1.54, 1.807) is 0 Å². The Labute approximate surface area is 193 Å². The van der Waals surface area contributed by atoms with E-state index in [0.29, 0.717) is 0 Å². The first kappa shape index (κ1) is 24.5. The Bertz CT molecular complexity index is 941. The molecular weight excluding hydrogens is 419 g/mol. The zero-order valence-electron chi connectivity index (χ0n) is 18.0. The second-order valence-corrected chi connectivity index (χ2v) is 10.9. The number of allylic oxidation sites excluding steroid dienone is 6. The van der Waals surface area contributed by atoms with E-state index < -0.39 is 7.26 Å². The number of carbonyl (C=O) groups excluding carboxylic acids is 1. The summed E-state index contributed by atoms with van der Waals surface area (Å²) < 4.78 is 0. The highest BCUT2D eigenvalue weighted by Crippen LogP contribution is 2.55. The molecule has 0 aliphatic heterocycles. The van der Waals surface area contributed by atoms with Crippen molar-refractivity contribution in [3.05, 3.63) is 126 Å². The van der Waals surface area contributed by atoms with E-state index in [1.807, 2.05) is 19.1 Å². The van der Waals surface area contributed by atoms with Crippen molar-refractivity contribution in [2.75, 3.05) is 6.16 Å². The lowest BCUT2D eigenvalue weighted by Crippen LogP contribution is -3.00. The van der Waals surface area contributed by atoms with Gasteiger partial charge in [0.15, 0.2) is 0 Å². The summed E-state index contributed by atoms with van der Waals surface area (Å²) in [7, 11) is -1.85. The Balaban J connectivity index is 0.00000341.